The van der Waals surface area contributed by atoms with Crippen molar-refractivity contribution in [3.8, 4) is 5.75 Å². The summed E-state index contributed by atoms with van der Waals surface area (Å²) < 4.78 is 5.50. The van der Waals surface area contributed by atoms with Crippen LogP contribution >= 0.6 is 0 Å². The van der Waals surface area contributed by atoms with Crippen LogP contribution in [0.1, 0.15) is 24.0 Å². The van der Waals surface area contributed by atoms with E-state index in [-0.39, 0.29) is 11.5 Å². The van der Waals surface area contributed by atoms with Gasteiger partial charge in [0.15, 0.2) is 0 Å². The van der Waals surface area contributed by atoms with Gasteiger partial charge in [-0.2, -0.15) is 0 Å². The lowest BCUT2D eigenvalue weighted by molar-refractivity contribution is -0.0259. The highest BCUT2D eigenvalue weighted by Crippen LogP contribution is 2.43. The van der Waals surface area contributed by atoms with Crippen molar-refractivity contribution in [2.75, 3.05) is 13.2 Å². The van der Waals surface area contributed by atoms with Crippen LogP contribution in [0.25, 0.3) is 0 Å². The summed E-state index contributed by atoms with van der Waals surface area (Å²) in [7, 11) is 0. The van der Waals surface area contributed by atoms with Gasteiger partial charge in [-0.1, -0.05) is 12.1 Å². The second kappa shape index (κ2) is 4.00. The van der Waals surface area contributed by atoms with E-state index >= 15 is 0 Å². The first kappa shape index (κ1) is 11.1. The molecule has 3 rings (SSSR count). The maximum Gasteiger partial charge on any atom is 0.122 e. The van der Waals surface area contributed by atoms with E-state index in [9.17, 15) is 5.11 Å². The SMILES string of the molecule is NCC1(Cc2ccc3c(c2)CCO3)CC(O)C1. The molecule has 0 radical (unpaired) electrons. The summed E-state index contributed by atoms with van der Waals surface area (Å²) in [5.74, 6) is 1.03. The molecule has 0 saturated heterocycles. The number of benzene rings is 1. The minimum Gasteiger partial charge on any atom is -0.493 e. The number of ether oxygens (including phenoxy) is 1. The van der Waals surface area contributed by atoms with Crippen molar-refractivity contribution in [2.45, 2.75) is 31.8 Å². The van der Waals surface area contributed by atoms with Crippen LogP contribution in [0, 0.1) is 5.41 Å². The number of nitrogens with two attached hydrogens (primary N) is 1. The van der Waals surface area contributed by atoms with E-state index in [1.807, 2.05) is 0 Å². The van der Waals surface area contributed by atoms with Gasteiger partial charge in [-0.05, 0) is 48.4 Å². The molecule has 1 fully saturated rings. The topological polar surface area (TPSA) is 55.5 Å². The summed E-state index contributed by atoms with van der Waals surface area (Å²) in [5.41, 5.74) is 8.63. The number of fused-ring (bicyclic) bond motifs is 1. The van der Waals surface area contributed by atoms with Crippen molar-refractivity contribution in [1.82, 2.24) is 0 Å². The fraction of sp³-hybridized carbons (Fsp3) is 0.571. The number of aliphatic hydroxyl groups is 1. The molecule has 1 heterocycles. The number of hydrogen-bond acceptors (Lipinski definition) is 3. The van der Waals surface area contributed by atoms with Gasteiger partial charge < -0.3 is 15.6 Å². The third-order valence-electron chi connectivity index (χ3n) is 4.10. The third-order valence-corrected chi connectivity index (χ3v) is 4.10. The fourth-order valence-electron chi connectivity index (χ4n) is 3.11. The minimum atomic E-state index is -0.142. The van der Waals surface area contributed by atoms with Crippen molar-refractivity contribution in [1.29, 1.82) is 0 Å². The van der Waals surface area contributed by atoms with Crippen LogP contribution in [-0.4, -0.2) is 24.4 Å². The number of hydrogen-bond donors (Lipinski definition) is 2. The monoisotopic (exact) mass is 233 g/mol. The molecule has 1 aliphatic heterocycles. The second-order valence-corrected chi connectivity index (χ2v) is 5.48. The Labute approximate surface area is 102 Å². The molecule has 17 heavy (non-hydrogen) atoms. The van der Waals surface area contributed by atoms with Gasteiger partial charge in [0.05, 0.1) is 12.7 Å². The molecule has 1 aromatic carbocycles. The lowest BCUT2D eigenvalue weighted by atomic mass is 9.63. The maximum atomic E-state index is 9.47. The normalized spacial score (nSPS) is 30.6. The van der Waals surface area contributed by atoms with Gasteiger partial charge in [-0.3, -0.25) is 0 Å². The van der Waals surface area contributed by atoms with Crippen LogP contribution in [0.4, 0.5) is 0 Å². The summed E-state index contributed by atoms with van der Waals surface area (Å²) in [6, 6.07) is 6.44. The molecule has 2 aliphatic rings. The van der Waals surface area contributed by atoms with Crippen molar-refractivity contribution in [3.05, 3.63) is 29.3 Å². The second-order valence-electron chi connectivity index (χ2n) is 5.48. The quantitative estimate of drug-likeness (QED) is 0.826. The molecule has 0 spiro atoms. The first-order chi connectivity index (χ1) is 8.21. The highest BCUT2D eigenvalue weighted by molar-refractivity contribution is 5.40. The molecule has 0 bridgehead atoms. The van der Waals surface area contributed by atoms with Crippen LogP contribution in [0.5, 0.6) is 5.75 Å². The van der Waals surface area contributed by atoms with E-state index in [4.69, 9.17) is 10.5 Å². The molecule has 1 aromatic rings. The van der Waals surface area contributed by atoms with Crippen molar-refractivity contribution >= 4 is 0 Å². The molecule has 3 N–H and O–H groups in total. The van der Waals surface area contributed by atoms with E-state index in [1.54, 1.807) is 0 Å². The van der Waals surface area contributed by atoms with Crippen LogP contribution < -0.4 is 10.5 Å². The predicted octanol–water partition coefficient (Wildman–Crippen LogP) is 1.26. The van der Waals surface area contributed by atoms with Gasteiger partial charge in [-0.15, -0.1) is 0 Å². The molecule has 0 aromatic heterocycles. The van der Waals surface area contributed by atoms with E-state index in [1.165, 1.54) is 11.1 Å². The maximum absolute atomic E-state index is 9.47. The first-order valence-electron chi connectivity index (χ1n) is 6.34. The third kappa shape index (κ3) is 1.94. The molecule has 3 nitrogen and oxygen atoms in total. The van der Waals surface area contributed by atoms with Crippen molar-refractivity contribution < 1.29 is 9.84 Å². The molecule has 0 atom stereocenters. The van der Waals surface area contributed by atoms with Gasteiger partial charge in [0.2, 0.25) is 0 Å². The molecular weight excluding hydrogens is 214 g/mol. The number of rotatable bonds is 3. The Bertz CT molecular complexity index is 424. The van der Waals surface area contributed by atoms with Crippen LogP contribution in [-0.2, 0) is 12.8 Å². The standard InChI is InChI=1S/C14H19NO2/c15-9-14(7-12(16)8-14)6-10-1-2-13-11(5-10)3-4-17-13/h1-2,5,12,16H,3-4,6-9,15H2. The summed E-state index contributed by atoms with van der Waals surface area (Å²) in [6.07, 6.45) is 3.54. The van der Waals surface area contributed by atoms with Crippen molar-refractivity contribution in [3.63, 3.8) is 0 Å². The van der Waals surface area contributed by atoms with Crippen LogP contribution in [0.3, 0.4) is 0 Å². The fourth-order valence-corrected chi connectivity index (χ4v) is 3.11. The Morgan fingerprint density at radius 2 is 2.24 bits per heavy atom. The zero-order valence-corrected chi connectivity index (χ0v) is 9.98. The average molecular weight is 233 g/mol. The van der Waals surface area contributed by atoms with E-state index in [0.717, 1.165) is 38.0 Å². The largest absolute Gasteiger partial charge is 0.493 e. The Hall–Kier alpha value is -1.06. The Kier molecular flexibility index (Phi) is 2.60. The molecule has 0 amide bonds. The van der Waals surface area contributed by atoms with Gasteiger partial charge in [0.1, 0.15) is 5.75 Å². The average Bonchev–Trinajstić information content (AvgIpc) is 2.73. The molecular formula is C14H19NO2. The zero-order chi connectivity index (χ0) is 11.9. The minimum absolute atomic E-state index is 0.132. The smallest absolute Gasteiger partial charge is 0.122 e. The van der Waals surface area contributed by atoms with Crippen LogP contribution in [0.15, 0.2) is 18.2 Å². The summed E-state index contributed by atoms with van der Waals surface area (Å²) in [4.78, 5) is 0. The van der Waals surface area contributed by atoms with Gasteiger partial charge in [0, 0.05) is 6.42 Å². The van der Waals surface area contributed by atoms with Crippen LogP contribution in [0.2, 0.25) is 0 Å². The Morgan fingerprint density at radius 1 is 1.41 bits per heavy atom. The highest BCUT2D eigenvalue weighted by atomic mass is 16.5. The van der Waals surface area contributed by atoms with E-state index in [0.29, 0.717) is 6.54 Å². The molecule has 1 aliphatic carbocycles. The molecule has 0 unspecified atom stereocenters. The molecule has 92 valence electrons. The highest BCUT2D eigenvalue weighted by Gasteiger charge is 2.42. The Morgan fingerprint density at radius 3 is 2.94 bits per heavy atom. The first-order valence-corrected chi connectivity index (χ1v) is 6.34. The molecule has 3 heteroatoms. The van der Waals surface area contributed by atoms with Gasteiger partial charge in [-0.25, -0.2) is 0 Å². The summed E-state index contributed by atoms with van der Waals surface area (Å²) in [6.45, 7) is 1.47. The molecule has 1 saturated carbocycles. The summed E-state index contributed by atoms with van der Waals surface area (Å²) in [5, 5.41) is 9.47. The lowest BCUT2D eigenvalue weighted by Gasteiger charge is -2.45. The van der Waals surface area contributed by atoms with Crippen molar-refractivity contribution in [2.24, 2.45) is 11.1 Å². The zero-order valence-electron chi connectivity index (χ0n) is 9.98. The lowest BCUT2D eigenvalue weighted by Crippen LogP contribution is -2.47. The Balaban J connectivity index is 1.77. The van der Waals surface area contributed by atoms with Gasteiger partial charge in [0.25, 0.3) is 0 Å². The number of aliphatic hydroxyl groups excluding tert-OH is 1. The van der Waals surface area contributed by atoms with E-state index < -0.39 is 0 Å². The predicted molar refractivity (Wildman–Crippen MR) is 66.1 cm³/mol. The van der Waals surface area contributed by atoms with Gasteiger partial charge >= 0.3 is 0 Å². The summed E-state index contributed by atoms with van der Waals surface area (Å²) >= 11 is 0. The van der Waals surface area contributed by atoms with E-state index in [2.05, 4.69) is 18.2 Å².